The number of anilines is 1. The summed E-state index contributed by atoms with van der Waals surface area (Å²) < 4.78 is 37.0. The monoisotopic (exact) mass is 519 g/mol. The molecule has 2 rings (SSSR count). The molecule has 0 aromatic heterocycles. The number of rotatable bonds is 10. The van der Waals surface area contributed by atoms with E-state index in [1.165, 1.54) is 31.3 Å². The Bertz CT molecular complexity index is 1170. The molecule has 0 spiro atoms. The summed E-state index contributed by atoms with van der Waals surface area (Å²) in [4.78, 5) is 28.0. The molecule has 9 nitrogen and oxygen atoms in total. The SMILES string of the molecule is COc1ccc(N(CC(=O)N(Cc2ccc(C)cc2)[C@@H](C)C(=O)NC(C)(C)C)S(C)(=O)=O)cc1OC. The maximum absolute atomic E-state index is 13.6. The lowest BCUT2D eigenvalue weighted by atomic mass is 10.1. The second kappa shape index (κ2) is 11.6. The number of nitrogens with one attached hydrogen (secondary N) is 1. The van der Waals surface area contributed by atoms with Crippen LogP contribution in [0.4, 0.5) is 5.69 Å². The minimum atomic E-state index is -3.86. The summed E-state index contributed by atoms with van der Waals surface area (Å²) in [5, 5.41) is 2.90. The van der Waals surface area contributed by atoms with E-state index in [9.17, 15) is 18.0 Å². The zero-order valence-corrected chi connectivity index (χ0v) is 23.1. The summed E-state index contributed by atoms with van der Waals surface area (Å²) in [6, 6.07) is 11.4. The van der Waals surface area contributed by atoms with E-state index in [-0.39, 0.29) is 18.1 Å². The molecule has 0 aliphatic heterocycles. The summed E-state index contributed by atoms with van der Waals surface area (Å²) in [6.45, 7) is 8.80. The van der Waals surface area contributed by atoms with Gasteiger partial charge >= 0.3 is 0 Å². The van der Waals surface area contributed by atoms with Crippen molar-refractivity contribution in [3.63, 3.8) is 0 Å². The standard InChI is InChI=1S/C26H37N3O6S/c1-18-9-11-20(12-10-18)16-28(19(2)25(31)27-26(3,4)5)24(30)17-29(36(8,32)33)21-13-14-22(34-6)23(15-21)35-7/h9-15,19H,16-17H2,1-8H3,(H,27,31)/t19-/m0/s1. The van der Waals surface area contributed by atoms with Gasteiger partial charge in [-0.2, -0.15) is 0 Å². The molecule has 0 bridgehead atoms. The van der Waals surface area contributed by atoms with Gasteiger partial charge in [-0.15, -0.1) is 0 Å². The zero-order valence-electron chi connectivity index (χ0n) is 22.3. The largest absolute Gasteiger partial charge is 0.493 e. The number of ether oxygens (including phenoxy) is 2. The molecule has 36 heavy (non-hydrogen) atoms. The van der Waals surface area contributed by atoms with E-state index in [2.05, 4.69) is 5.32 Å². The highest BCUT2D eigenvalue weighted by Gasteiger charge is 2.31. The van der Waals surface area contributed by atoms with Crippen LogP contribution in [0.2, 0.25) is 0 Å². The first-order valence-corrected chi connectivity index (χ1v) is 13.4. The number of nitrogens with zero attached hydrogens (tertiary/aromatic N) is 2. The van der Waals surface area contributed by atoms with Gasteiger partial charge in [-0.05, 0) is 52.3 Å². The Kier molecular flexibility index (Phi) is 9.37. The average molecular weight is 520 g/mol. The van der Waals surface area contributed by atoms with Crippen LogP contribution < -0.4 is 19.1 Å². The molecule has 0 heterocycles. The second-order valence-corrected chi connectivity index (χ2v) is 11.6. The molecule has 0 radical (unpaired) electrons. The number of aryl methyl sites for hydroxylation is 1. The van der Waals surface area contributed by atoms with E-state index in [1.807, 2.05) is 52.0 Å². The molecule has 10 heteroatoms. The predicted octanol–water partition coefficient (Wildman–Crippen LogP) is 3.11. The van der Waals surface area contributed by atoms with Gasteiger partial charge in [-0.3, -0.25) is 13.9 Å². The molecule has 0 unspecified atom stereocenters. The highest BCUT2D eigenvalue weighted by atomic mass is 32.2. The van der Waals surface area contributed by atoms with E-state index in [0.717, 1.165) is 21.7 Å². The van der Waals surface area contributed by atoms with Crippen LogP contribution in [0.5, 0.6) is 11.5 Å². The first-order chi connectivity index (χ1) is 16.7. The van der Waals surface area contributed by atoms with Crippen molar-refractivity contribution in [3.05, 3.63) is 53.6 Å². The topological polar surface area (TPSA) is 105 Å². The summed E-state index contributed by atoms with van der Waals surface area (Å²) in [5.41, 5.74) is 1.63. The maximum atomic E-state index is 13.6. The molecule has 0 fully saturated rings. The van der Waals surface area contributed by atoms with Crippen LogP contribution in [0.3, 0.4) is 0 Å². The van der Waals surface area contributed by atoms with Crippen molar-refractivity contribution in [1.82, 2.24) is 10.2 Å². The fourth-order valence-corrected chi connectivity index (χ4v) is 4.38. The third kappa shape index (κ3) is 7.87. The van der Waals surface area contributed by atoms with Gasteiger partial charge in [0.1, 0.15) is 12.6 Å². The van der Waals surface area contributed by atoms with Crippen molar-refractivity contribution in [2.24, 2.45) is 0 Å². The first-order valence-electron chi connectivity index (χ1n) is 11.5. The molecule has 1 N–H and O–H groups in total. The molecule has 0 aliphatic carbocycles. The summed E-state index contributed by atoms with van der Waals surface area (Å²) in [7, 11) is -0.940. The van der Waals surface area contributed by atoms with E-state index in [4.69, 9.17) is 9.47 Å². The quantitative estimate of drug-likeness (QED) is 0.517. The number of carbonyl (C=O) groups is 2. The Hall–Kier alpha value is -3.27. The van der Waals surface area contributed by atoms with Gasteiger partial charge in [0.25, 0.3) is 0 Å². The molecular formula is C26H37N3O6S. The fraction of sp³-hybridized carbons (Fsp3) is 0.462. The Morgan fingerprint density at radius 1 is 1.00 bits per heavy atom. The van der Waals surface area contributed by atoms with E-state index < -0.39 is 34.1 Å². The highest BCUT2D eigenvalue weighted by Crippen LogP contribution is 2.32. The van der Waals surface area contributed by atoms with Gasteiger partial charge < -0.3 is 19.7 Å². The minimum absolute atomic E-state index is 0.140. The molecule has 2 aromatic carbocycles. The third-order valence-electron chi connectivity index (χ3n) is 5.47. The van der Waals surface area contributed by atoms with E-state index in [1.54, 1.807) is 13.0 Å². The van der Waals surface area contributed by atoms with Gasteiger partial charge in [-0.1, -0.05) is 29.8 Å². The van der Waals surface area contributed by atoms with Crippen molar-refractivity contribution in [2.75, 3.05) is 31.3 Å². The van der Waals surface area contributed by atoms with Crippen molar-refractivity contribution in [1.29, 1.82) is 0 Å². The van der Waals surface area contributed by atoms with Crippen molar-refractivity contribution in [3.8, 4) is 11.5 Å². The van der Waals surface area contributed by atoms with Crippen molar-refractivity contribution < 1.29 is 27.5 Å². The maximum Gasteiger partial charge on any atom is 0.244 e. The number of amides is 2. The van der Waals surface area contributed by atoms with Crippen LogP contribution in [0.15, 0.2) is 42.5 Å². The van der Waals surface area contributed by atoms with Gasteiger partial charge in [0, 0.05) is 18.2 Å². The van der Waals surface area contributed by atoms with Crippen LogP contribution in [0.1, 0.15) is 38.8 Å². The number of methoxy groups -OCH3 is 2. The Morgan fingerprint density at radius 2 is 1.58 bits per heavy atom. The predicted molar refractivity (Wildman–Crippen MR) is 141 cm³/mol. The summed E-state index contributed by atoms with van der Waals surface area (Å²) in [6.07, 6.45) is 1.02. The Labute approximate surface area is 214 Å². The van der Waals surface area contributed by atoms with E-state index in [0.29, 0.717) is 11.5 Å². The number of benzene rings is 2. The molecule has 1 atom stereocenters. The van der Waals surface area contributed by atoms with Crippen molar-refractivity contribution in [2.45, 2.75) is 52.7 Å². The first kappa shape index (κ1) is 29.0. The van der Waals surface area contributed by atoms with Crippen LogP contribution in [-0.2, 0) is 26.2 Å². The molecule has 0 saturated heterocycles. The Balaban J connectivity index is 2.44. The molecule has 2 aromatic rings. The lowest BCUT2D eigenvalue weighted by Crippen LogP contribution is -2.54. The average Bonchev–Trinajstić information content (AvgIpc) is 2.79. The number of sulfonamides is 1. The van der Waals surface area contributed by atoms with Crippen molar-refractivity contribution >= 4 is 27.5 Å². The highest BCUT2D eigenvalue weighted by molar-refractivity contribution is 7.92. The summed E-state index contributed by atoms with van der Waals surface area (Å²) >= 11 is 0. The van der Waals surface area contributed by atoms with Crippen LogP contribution in [0.25, 0.3) is 0 Å². The third-order valence-corrected chi connectivity index (χ3v) is 6.61. The van der Waals surface area contributed by atoms with Gasteiger partial charge in [0.2, 0.25) is 21.8 Å². The molecule has 198 valence electrons. The minimum Gasteiger partial charge on any atom is -0.493 e. The fourth-order valence-electron chi connectivity index (χ4n) is 3.54. The van der Waals surface area contributed by atoms with Crippen LogP contribution >= 0.6 is 0 Å². The number of carbonyl (C=O) groups excluding carboxylic acids is 2. The Morgan fingerprint density at radius 3 is 2.08 bits per heavy atom. The molecule has 0 aliphatic rings. The number of hydrogen-bond donors (Lipinski definition) is 1. The van der Waals surface area contributed by atoms with Crippen LogP contribution in [0, 0.1) is 6.92 Å². The lowest BCUT2D eigenvalue weighted by molar-refractivity contribution is -0.140. The number of hydrogen-bond acceptors (Lipinski definition) is 6. The smallest absolute Gasteiger partial charge is 0.244 e. The van der Waals surface area contributed by atoms with Gasteiger partial charge in [0.05, 0.1) is 26.2 Å². The lowest BCUT2D eigenvalue weighted by Gasteiger charge is -2.33. The molecule has 2 amide bonds. The van der Waals surface area contributed by atoms with Gasteiger partial charge in [0.15, 0.2) is 11.5 Å². The molecule has 0 saturated carbocycles. The second-order valence-electron chi connectivity index (χ2n) is 9.73. The van der Waals surface area contributed by atoms with Crippen LogP contribution in [-0.4, -0.2) is 63.7 Å². The molecular weight excluding hydrogens is 482 g/mol. The summed E-state index contributed by atoms with van der Waals surface area (Å²) in [5.74, 6) is -0.104. The zero-order chi connectivity index (χ0) is 27.3. The van der Waals surface area contributed by atoms with E-state index >= 15 is 0 Å². The van der Waals surface area contributed by atoms with Gasteiger partial charge in [-0.25, -0.2) is 8.42 Å². The normalized spacial score (nSPS) is 12.4.